The van der Waals surface area contributed by atoms with Gasteiger partial charge in [0, 0.05) is 21.6 Å². The molecule has 0 nitrogen and oxygen atoms in total. The molecule has 1 heterocycles. The van der Waals surface area contributed by atoms with Gasteiger partial charge in [-0.2, -0.15) is 0 Å². The van der Waals surface area contributed by atoms with Gasteiger partial charge < -0.3 is 0 Å². The van der Waals surface area contributed by atoms with Gasteiger partial charge in [-0.05, 0) is 56.7 Å². The minimum absolute atomic E-state index is 0.0492. The Kier molecular flexibility index (Phi) is 7.04. The molecule has 5 heteroatoms. The van der Waals surface area contributed by atoms with Gasteiger partial charge >= 0.3 is 0 Å². The summed E-state index contributed by atoms with van der Waals surface area (Å²) >= 11 is 1.38. The number of rotatable bonds is 2. The van der Waals surface area contributed by atoms with E-state index in [1.54, 1.807) is 13.8 Å². The van der Waals surface area contributed by atoms with Crippen LogP contribution < -0.4 is 0 Å². The molecule has 0 atom stereocenters. The third-order valence-corrected chi connectivity index (χ3v) is 4.70. The standard InChI is InChI=1S/C23H16F4S/c1-5-19(24)15(3)7-6-14(2)10-22-16(4)11-18(28-22)9-8-17-12-20(25)23(27)21(26)13-17/h5,10-13H,1H2,2-4H3/b14-10+,19-15-. The number of hydrogen-bond donors (Lipinski definition) is 0. The Morgan fingerprint density at radius 1 is 1.04 bits per heavy atom. The molecule has 1 aromatic heterocycles. The fraction of sp³-hybridized carbons (Fsp3) is 0.130. The van der Waals surface area contributed by atoms with E-state index in [9.17, 15) is 17.6 Å². The van der Waals surface area contributed by atoms with Crippen molar-refractivity contribution in [2.45, 2.75) is 20.8 Å². The van der Waals surface area contributed by atoms with Crippen molar-refractivity contribution in [3.63, 3.8) is 0 Å². The molecule has 1 aromatic carbocycles. The number of benzene rings is 1. The monoisotopic (exact) mass is 400 g/mol. The molecular weight excluding hydrogens is 384 g/mol. The minimum Gasteiger partial charge on any atom is -0.206 e. The van der Waals surface area contributed by atoms with Crippen LogP contribution in [0.4, 0.5) is 17.6 Å². The van der Waals surface area contributed by atoms with Crippen molar-refractivity contribution in [2.75, 3.05) is 0 Å². The molecule has 0 aliphatic rings. The predicted molar refractivity (Wildman–Crippen MR) is 107 cm³/mol. The van der Waals surface area contributed by atoms with Crippen LogP contribution >= 0.6 is 11.3 Å². The van der Waals surface area contributed by atoms with Crippen LogP contribution in [0.5, 0.6) is 0 Å². The fourth-order valence-electron chi connectivity index (χ4n) is 2.10. The molecule has 0 amide bonds. The molecule has 28 heavy (non-hydrogen) atoms. The largest absolute Gasteiger partial charge is 0.206 e. The highest BCUT2D eigenvalue weighted by atomic mass is 32.1. The van der Waals surface area contributed by atoms with E-state index in [0.717, 1.165) is 34.2 Å². The number of allylic oxidation sites excluding steroid dienone is 4. The fourth-order valence-corrected chi connectivity index (χ4v) is 3.13. The summed E-state index contributed by atoms with van der Waals surface area (Å²) in [6, 6.07) is 3.54. The van der Waals surface area contributed by atoms with E-state index in [0.29, 0.717) is 10.5 Å². The van der Waals surface area contributed by atoms with Gasteiger partial charge in [0.1, 0.15) is 5.83 Å². The minimum atomic E-state index is -1.51. The Bertz CT molecular complexity index is 1090. The van der Waals surface area contributed by atoms with Gasteiger partial charge in [-0.15, -0.1) is 11.3 Å². The Morgan fingerprint density at radius 3 is 2.29 bits per heavy atom. The zero-order valence-electron chi connectivity index (χ0n) is 15.5. The zero-order chi connectivity index (χ0) is 20.8. The molecule has 0 aliphatic carbocycles. The molecule has 0 saturated carbocycles. The first-order valence-electron chi connectivity index (χ1n) is 8.17. The van der Waals surface area contributed by atoms with Gasteiger partial charge in [-0.3, -0.25) is 0 Å². The van der Waals surface area contributed by atoms with Gasteiger partial charge in [-0.1, -0.05) is 30.3 Å². The second-order valence-electron chi connectivity index (χ2n) is 5.92. The first-order valence-corrected chi connectivity index (χ1v) is 8.99. The molecule has 0 saturated heterocycles. The molecule has 0 bridgehead atoms. The Balaban J connectivity index is 2.27. The van der Waals surface area contributed by atoms with Crippen LogP contribution in [0.3, 0.4) is 0 Å². The van der Waals surface area contributed by atoms with E-state index in [-0.39, 0.29) is 5.56 Å². The molecule has 0 spiro atoms. The summed E-state index contributed by atoms with van der Waals surface area (Å²) in [6.07, 6.45) is 2.96. The lowest BCUT2D eigenvalue weighted by molar-refractivity contribution is 0.446. The van der Waals surface area contributed by atoms with E-state index in [1.165, 1.54) is 11.3 Å². The summed E-state index contributed by atoms with van der Waals surface area (Å²) in [5.41, 5.74) is 2.05. The highest BCUT2D eigenvalue weighted by Crippen LogP contribution is 2.24. The van der Waals surface area contributed by atoms with E-state index >= 15 is 0 Å². The normalized spacial score (nSPS) is 11.8. The Labute approximate surface area is 165 Å². The molecule has 2 rings (SSSR count). The average Bonchev–Trinajstić information content (AvgIpc) is 3.00. The predicted octanol–water partition coefficient (Wildman–Crippen LogP) is 6.71. The highest BCUT2D eigenvalue weighted by molar-refractivity contribution is 7.13. The molecule has 2 aromatic rings. The van der Waals surface area contributed by atoms with E-state index < -0.39 is 23.3 Å². The number of thiophene rings is 1. The smallest absolute Gasteiger partial charge is 0.194 e. The lowest BCUT2D eigenvalue weighted by Crippen LogP contribution is -1.91. The summed E-state index contributed by atoms with van der Waals surface area (Å²) in [4.78, 5) is 1.60. The zero-order valence-corrected chi connectivity index (χ0v) is 16.3. The SMILES string of the molecule is C=C/C(F)=C(\C)C#C/C(C)=C/c1sc(C#Cc2cc(F)c(F)c(F)c2)cc1C. The summed E-state index contributed by atoms with van der Waals surface area (Å²) in [5, 5.41) is 0. The van der Waals surface area contributed by atoms with Crippen LogP contribution in [0.1, 0.15) is 34.7 Å². The maximum absolute atomic E-state index is 13.3. The third kappa shape index (κ3) is 5.49. The third-order valence-electron chi connectivity index (χ3n) is 3.60. The van der Waals surface area contributed by atoms with Crippen LogP contribution in [0.25, 0.3) is 6.08 Å². The quantitative estimate of drug-likeness (QED) is 0.227. The van der Waals surface area contributed by atoms with Crippen LogP contribution in [0, 0.1) is 48.1 Å². The molecule has 0 N–H and O–H groups in total. The lowest BCUT2D eigenvalue weighted by Gasteiger charge is -1.95. The summed E-state index contributed by atoms with van der Waals surface area (Å²) < 4.78 is 52.8. The first-order chi connectivity index (χ1) is 13.2. The molecule has 0 fully saturated rings. The van der Waals surface area contributed by atoms with Gasteiger partial charge in [0.05, 0.1) is 4.88 Å². The van der Waals surface area contributed by atoms with Crippen molar-refractivity contribution in [1.29, 1.82) is 0 Å². The Morgan fingerprint density at radius 2 is 1.68 bits per heavy atom. The van der Waals surface area contributed by atoms with Crippen molar-refractivity contribution in [2.24, 2.45) is 0 Å². The first kappa shape index (κ1) is 21.3. The van der Waals surface area contributed by atoms with Gasteiger partial charge in [0.2, 0.25) is 0 Å². The molecular formula is C23H16F4S. The Hall–Kier alpha value is -3.02. The van der Waals surface area contributed by atoms with Gasteiger partial charge in [0.25, 0.3) is 0 Å². The summed E-state index contributed by atoms with van der Waals surface area (Å²) in [5.74, 6) is 6.53. The summed E-state index contributed by atoms with van der Waals surface area (Å²) in [6.45, 7) is 8.63. The van der Waals surface area contributed by atoms with E-state index in [4.69, 9.17) is 0 Å². The van der Waals surface area contributed by atoms with Gasteiger partial charge in [-0.25, -0.2) is 17.6 Å². The van der Waals surface area contributed by atoms with Crippen molar-refractivity contribution in [3.05, 3.63) is 86.2 Å². The van der Waals surface area contributed by atoms with Crippen molar-refractivity contribution in [1.82, 2.24) is 0 Å². The van der Waals surface area contributed by atoms with Crippen LogP contribution in [0.2, 0.25) is 0 Å². The summed E-state index contributed by atoms with van der Waals surface area (Å²) in [7, 11) is 0. The number of halogens is 4. The number of hydrogen-bond acceptors (Lipinski definition) is 1. The van der Waals surface area contributed by atoms with E-state index in [2.05, 4.69) is 30.3 Å². The average molecular weight is 400 g/mol. The molecule has 142 valence electrons. The van der Waals surface area contributed by atoms with Crippen molar-refractivity contribution >= 4 is 17.4 Å². The molecule has 0 aliphatic heterocycles. The van der Waals surface area contributed by atoms with Crippen molar-refractivity contribution in [3.8, 4) is 23.7 Å². The van der Waals surface area contributed by atoms with E-state index in [1.807, 2.05) is 19.1 Å². The maximum Gasteiger partial charge on any atom is 0.194 e. The highest BCUT2D eigenvalue weighted by Gasteiger charge is 2.09. The van der Waals surface area contributed by atoms with Crippen LogP contribution in [-0.2, 0) is 0 Å². The maximum atomic E-state index is 13.3. The van der Waals surface area contributed by atoms with Crippen LogP contribution in [0.15, 0.2) is 47.8 Å². The molecule has 0 unspecified atom stereocenters. The van der Waals surface area contributed by atoms with Gasteiger partial charge in [0.15, 0.2) is 17.5 Å². The van der Waals surface area contributed by atoms with Crippen molar-refractivity contribution < 1.29 is 17.6 Å². The topological polar surface area (TPSA) is 0 Å². The second kappa shape index (κ2) is 9.26. The molecule has 0 radical (unpaired) electrons. The van der Waals surface area contributed by atoms with Crippen LogP contribution in [-0.4, -0.2) is 0 Å². The second-order valence-corrected chi connectivity index (χ2v) is 7.00. The number of aryl methyl sites for hydroxylation is 1. The lowest BCUT2D eigenvalue weighted by atomic mass is 10.2.